The van der Waals surface area contributed by atoms with Crippen molar-refractivity contribution >= 4 is 35.3 Å². The Hall–Kier alpha value is 0.130. The zero-order chi connectivity index (χ0) is 9.68. The van der Waals surface area contributed by atoms with E-state index < -0.39 is 0 Å². The molecule has 1 unspecified atom stereocenters. The van der Waals surface area contributed by atoms with Crippen molar-refractivity contribution in [2.24, 2.45) is 0 Å². The van der Waals surface area contributed by atoms with Gasteiger partial charge in [-0.3, -0.25) is 5.10 Å². The Labute approximate surface area is 92.2 Å². The molecule has 0 radical (unpaired) electrons. The fourth-order valence-corrected chi connectivity index (χ4v) is 3.43. The smallest absolute Gasteiger partial charge is 0.177 e. The number of H-pyrrole nitrogens is 1. The number of hydrogen-bond donors (Lipinski definition) is 1. The van der Waals surface area contributed by atoms with Gasteiger partial charge in [0.15, 0.2) is 8.29 Å². The zero-order valence-corrected chi connectivity index (χ0v) is 10.3. The third-order valence-electron chi connectivity index (χ3n) is 1.68. The van der Waals surface area contributed by atoms with Gasteiger partial charge in [0.1, 0.15) is 0 Å². The average Bonchev–Trinajstić information content (AvgIpc) is 2.48. The monoisotopic (exact) mass is 234 g/mol. The first-order valence-electron chi connectivity index (χ1n) is 4.44. The Morgan fingerprint density at radius 1 is 1.69 bits per heavy atom. The summed E-state index contributed by atoms with van der Waals surface area (Å²) in [5.41, 5.74) is 0. The molecular formula is C8H14N2S3. The van der Waals surface area contributed by atoms with Gasteiger partial charge in [-0.2, -0.15) is 5.10 Å². The van der Waals surface area contributed by atoms with Crippen molar-refractivity contribution in [3.05, 3.63) is 3.95 Å². The lowest BCUT2D eigenvalue weighted by Gasteiger charge is -2.06. The van der Waals surface area contributed by atoms with Crippen LogP contribution in [0.4, 0.5) is 0 Å². The Morgan fingerprint density at radius 2 is 2.46 bits per heavy atom. The van der Waals surface area contributed by atoms with Crippen LogP contribution in [0.1, 0.15) is 33.1 Å². The molecule has 74 valence electrons. The first-order chi connectivity index (χ1) is 6.22. The minimum atomic E-state index is 0.647. The minimum Gasteiger partial charge on any atom is -0.257 e. The summed E-state index contributed by atoms with van der Waals surface area (Å²) < 4.78 is 1.83. The van der Waals surface area contributed by atoms with Gasteiger partial charge in [-0.25, -0.2) is 0 Å². The summed E-state index contributed by atoms with van der Waals surface area (Å²) >= 11 is 8.33. The number of hydrogen-bond acceptors (Lipinski definition) is 4. The molecule has 1 N–H and O–H groups in total. The lowest BCUT2D eigenvalue weighted by Crippen LogP contribution is -1.94. The van der Waals surface area contributed by atoms with Gasteiger partial charge < -0.3 is 0 Å². The van der Waals surface area contributed by atoms with Crippen LogP contribution in [0, 0.1) is 3.95 Å². The molecule has 0 fully saturated rings. The maximum absolute atomic E-state index is 4.96. The summed E-state index contributed by atoms with van der Waals surface area (Å²) in [6, 6.07) is 0. The van der Waals surface area contributed by atoms with E-state index in [9.17, 15) is 0 Å². The second-order valence-electron chi connectivity index (χ2n) is 2.95. The zero-order valence-electron chi connectivity index (χ0n) is 7.87. The number of unbranched alkanes of at least 4 members (excludes halogenated alkanes) is 1. The lowest BCUT2D eigenvalue weighted by molar-refractivity contribution is 0.712. The van der Waals surface area contributed by atoms with Crippen molar-refractivity contribution in [3.63, 3.8) is 0 Å². The Bertz CT molecular complexity index is 292. The number of rotatable bonds is 5. The number of aromatic amines is 1. The molecule has 13 heavy (non-hydrogen) atoms. The molecule has 0 bridgehead atoms. The number of nitrogens with zero attached hydrogens (tertiary/aromatic N) is 1. The first kappa shape index (κ1) is 11.2. The maximum Gasteiger partial charge on any atom is 0.177 e. The van der Waals surface area contributed by atoms with E-state index in [1.165, 1.54) is 19.3 Å². The topological polar surface area (TPSA) is 28.7 Å². The van der Waals surface area contributed by atoms with Crippen molar-refractivity contribution in [2.75, 3.05) is 0 Å². The number of nitrogens with one attached hydrogen (secondary N) is 1. The van der Waals surface area contributed by atoms with Crippen molar-refractivity contribution < 1.29 is 0 Å². The fraction of sp³-hybridized carbons (Fsp3) is 0.750. The molecule has 1 aromatic heterocycles. The van der Waals surface area contributed by atoms with Crippen LogP contribution in [-0.4, -0.2) is 15.4 Å². The SMILES string of the molecule is CCCCC(C)Sc1n[nH]c(=S)s1. The molecule has 0 saturated heterocycles. The quantitative estimate of drug-likeness (QED) is 0.619. The Morgan fingerprint density at radius 3 is 3.00 bits per heavy atom. The molecule has 5 heteroatoms. The van der Waals surface area contributed by atoms with E-state index in [1.807, 2.05) is 11.8 Å². The highest BCUT2D eigenvalue weighted by molar-refractivity contribution is 8.01. The standard InChI is InChI=1S/C8H14N2S3/c1-3-4-5-6(2)12-8-10-9-7(11)13-8/h6H,3-5H2,1-2H3,(H,9,11). The predicted molar refractivity (Wildman–Crippen MR) is 62.1 cm³/mol. The van der Waals surface area contributed by atoms with Crippen molar-refractivity contribution in [1.29, 1.82) is 0 Å². The van der Waals surface area contributed by atoms with Crippen LogP contribution in [0.15, 0.2) is 4.34 Å². The average molecular weight is 234 g/mol. The number of aromatic nitrogens is 2. The van der Waals surface area contributed by atoms with Crippen LogP contribution in [-0.2, 0) is 0 Å². The largest absolute Gasteiger partial charge is 0.257 e. The molecule has 0 amide bonds. The van der Waals surface area contributed by atoms with Gasteiger partial charge in [0.25, 0.3) is 0 Å². The molecule has 0 spiro atoms. The molecule has 0 aliphatic heterocycles. The van der Waals surface area contributed by atoms with Crippen molar-refractivity contribution in [1.82, 2.24) is 10.2 Å². The Balaban J connectivity index is 2.36. The molecule has 1 rings (SSSR count). The highest BCUT2D eigenvalue weighted by atomic mass is 32.2. The first-order valence-corrected chi connectivity index (χ1v) is 6.55. The molecular weight excluding hydrogens is 220 g/mol. The van der Waals surface area contributed by atoms with E-state index in [0.29, 0.717) is 5.25 Å². The number of thioether (sulfide) groups is 1. The second kappa shape index (κ2) is 5.78. The summed E-state index contributed by atoms with van der Waals surface area (Å²) in [5, 5.41) is 7.56. The molecule has 1 aromatic rings. The van der Waals surface area contributed by atoms with Crippen LogP contribution >= 0.6 is 35.3 Å². The second-order valence-corrected chi connectivity index (χ2v) is 6.30. The van der Waals surface area contributed by atoms with E-state index in [0.717, 1.165) is 8.29 Å². The van der Waals surface area contributed by atoms with Crippen molar-refractivity contribution in [3.8, 4) is 0 Å². The molecule has 2 nitrogen and oxygen atoms in total. The maximum atomic E-state index is 4.96. The van der Waals surface area contributed by atoms with Crippen LogP contribution in [0.25, 0.3) is 0 Å². The lowest BCUT2D eigenvalue weighted by atomic mass is 10.2. The van der Waals surface area contributed by atoms with Gasteiger partial charge in [-0.1, -0.05) is 49.8 Å². The third-order valence-corrected chi connectivity index (χ3v) is 4.04. The van der Waals surface area contributed by atoms with Gasteiger partial charge in [0.05, 0.1) is 0 Å². The van der Waals surface area contributed by atoms with Gasteiger partial charge >= 0.3 is 0 Å². The fourth-order valence-electron chi connectivity index (χ4n) is 0.989. The highest BCUT2D eigenvalue weighted by Gasteiger charge is 2.06. The van der Waals surface area contributed by atoms with Crippen LogP contribution < -0.4 is 0 Å². The van der Waals surface area contributed by atoms with Crippen LogP contribution in [0.5, 0.6) is 0 Å². The molecule has 0 aliphatic rings. The normalized spacial score (nSPS) is 13.1. The van der Waals surface area contributed by atoms with Gasteiger partial charge in [-0.15, -0.1) is 0 Å². The molecule has 1 atom stereocenters. The van der Waals surface area contributed by atoms with Crippen LogP contribution in [0.3, 0.4) is 0 Å². The summed E-state index contributed by atoms with van der Waals surface area (Å²) in [5.74, 6) is 0. The third kappa shape index (κ3) is 4.24. The Kier molecular flexibility index (Phi) is 4.98. The van der Waals surface area contributed by atoms with Crippen LogP contribution in [0.2, 0.25) is 0 Å². The molecule has 0 aliphatic carbocycles. The van der Waals surface area contributed by atoms with E-state index in [1.54, 1.807) is 11.3 Å². The molecule has 1 heterocycles. The van der Waals surface area contributed by atoms with Crippen molar-refractivity contribution in [2.45, 2.75) is 42.7 Å². The minimum absolute atomic E-state index is 0.647. The summed E-state index contributed by atoms with van der Waals surface area (Å²) in [4.78, 5) is 0. The summed E-state index contributed by atoms with van der Waals surface area (Å²) in [6.07, 6.45) is 3.82. The molecule has 0 saturated carbocycles. The van der Waals surface area contributed by atoms with E-state index in [4.69, 9.17) is 12.2 Å². The van der Waals surface area contributed by atoms with E-state index >= 15 is 0 Å². The van der Waals surface area contributed by atoms with E-state index in [-0.39, 0.29) is 0 Å². The summed E-state index contributed by atoms with van der Waals surface area (Å²) in [7, 11) is 0. The molecule has 0 aromatic carbocycles. The predicted octanol–water partition coefficient (Wildman–Crippen LogP) is 3.87. The summed E-state index contributed by atoms with van der Waals surface area (Å²) in [6.45, 7) is 4.46. The van der Waals surface area contributed by atoms with E-state index in [2.05, 4.69) is 24.0 Å². The van der Waals surface area contributed by atoms with Gasteiger partial charge in [-0.05, 0) is 18.6 Å². The van der Waals surface area contributed by atoms with Gasteiger partial charge in [0, 0.05) is 5.25 Å². The van der Waals surface area contributed by atoms with Gasteiger partial charge in [0.2, 0.25) is 0 Å². The highest BCUT2D eigenvalue weighted by Crippen LogP contribution is 2.27.